The maximum absolute atomic E-state index is 12.8. The van der Waals surface area contributed by atoms with Gasteiger partial charge in [0, 0.05) is 31.9 Å². The average molecular weight is 402 g/mol. The van der Waals surface area contributed by atoms with E-state index in [1.54, 1.807) is 29.2 Å². The lowest BCUT2D eigenvalue weighted by Crippen LogP contribution is -2.51. The number of sulfonamides is 1. The van der Waals surface area contributed by atoms with Crippen LogP contribution >= 0.6 is 0 Å². The Hall–Kier alpha value is -2.38. The molecule has 0 aliphatic carbocycles. The van der Waals surface area contributed by atoms with E-state index in [0.29, 0.717) is 31.1 Å². The number of amides is 1. The highest BCUT2D eigenvalue weighted by Crippen LogP contribution is 2.20. The quantitative estimate of drug-likeness (QED) is 0.836. The van der Waals surface area contributed by atoms with Crippen LogP contribution in [0.5, 0.6) is 0 Å². The number of hydrogen-bond acceptors (Lipinski definition) is 4. The number of carbonyl (C=O) groups excluding carboxylic acids is 1. The molecule has 0 radical (unpaired) electrons. The van der Waals surface area contributed by atoms with Gasteiger partial charge < -0.3 is 10.2 Å². The van der Waals surface area contributed by atoms with Crippen molar-refractivity contribution in [1.82, 2.24) is 9.21 Å². The monoisotopic (exact) mass is 401 g/mol. The SMILES string of the molecule is Cc1ccc(S(=O)(=O)N2CCN(C(=O)CNc3c(C)cccc3C)CC2)cc1. The van der Waals surface area contributed by atoms with Gasteiger partial charge in [-0.1, -0.05) is 35.9 Å². The standard InChI is InChI=1S/C21H27N3O3S/c1-16-7-9-19(10-8-16)28(26,27)24-13-11-23(12-14-24)20(25)15-22-21-17(2)5-4-6-18(21)3/h4-10,22H,11-15H2,1-3H3. The molecule has 2 aromatic rings. The minimum Gasteiger partial charge on any atom is -0.376 e. The second-order valence-corrected chi connectivity index (χ2v) is 9.16. The van der Waals surface area contributed by atoms with Gasteiger partial charge in [0.15, 0.2) is 0 Å². The summed E-state index contributed by atoms with van der Waals surface area (Å²) in [7, 11) is -3.51. The third-order valence-corrected chi connectivity index (χ3v) is 7.06. The van der Waals surface area contributed by atoms with Gasteiger partial charge in [-0.25, -0.2) is 8.42 Å². The van der Waals surface area contributed by atoms with Crippen LogP contribution in [0.25, 0.3) is 0 Å². The minimum atomic E-state index is -3.51. The largest absolute Gasteiger partial charge is 0.376 e. The van der Waals surface area contributed by atoms with Crippen LogP contribution in [-0.4, -0.2) is 56.3 Å². The molecule has 1 aliphatic rings. The maximum Gasteiger partial charge on any atom is 0.243 e. The van der Waals surface area contributed by atoms with Crippen molar-refractivity contribution in [2.24, 2.45) is 0 Å². The van der Waals surface area contributed by atoms with Crippen molar-refractivity contribution in [2.45, 2.75) is 25.7 Å². The van der Waals surface area contributed by atoms with E-state index >= 15 is 0 Å². The summed E-state index contributed by atoms with van der Waals surface area (Å²) in [5, 5.41) is 3.23. The first-order valence-electron chi connectivity index (χ1n) is 9.44. The average Bonchev–Trinajstić information content (AvgIpc) is 2.68. The molecule has 0 saturated carbocycles. The number of nitrogens with one attached hydrogen (secondary N) is 1. The highest BCUT2D eigenvalue weighted by atomic mass is 32.2. The van der Waals surface area contributed by atoms with Gasteiger partial charge in [0.05, 0.1) is 11.4 Å². The number of benzene rings is 2. The molecule has 1 amide bonds. The number of piperazine rings is 1. The smallest absolute Gasteiger partial charge is 0.243 e. The molecule has 28 heavy (non-hydrogen) atoms. The van der Waals surface area contributed by atoms with E-state index in [1.165, 1.54) is 4.31 Å². The highest BCUT2D eigenvalue weighted by molar-refractivity contribution is 7.89. The molecule has 1 aliphatic heterocycles. The summed E-state index contributed by atoms with van der Waals surface area (Å²) in [4.78, 5) is 14.6. The Morgan fingerprint density at radius 1 is 0.929 bits per heavy atom. The van der Waals surface area contributed by atoms with Crippen molar-refractivity contribution < 1.29 is 13.2 Å². The predicted molar refractivity (Wildman–Crippen MR) is 111 cm³/mol. The molecule has 0 aromatic heterocycles. The maximum atomic E-state index is 12.8. The van der Waals surface area contributed by atoms with Gasteiger partial charge >= 0.3 is 0 Å². The molecule has 1 heterocycles. The van der Waals surface area contributed by atoms with E-state index in [9.17, 15) is 13.2 Å². The summed E-state index contributed by atoms with van der Waals surface area (Å²) >= 11 is 0. The number of para-hydroxylation sites is 1. The molecule has 2 aromatic carbocycles. The lowest BCUT2D eigenvalue weighted by Gasteiger charge is -2.34. The molecule has 3 rings (SSSR count). The lowest BCUT2D eigenvalue weighted by atomic mass is 10.1. The fourth-order valence-corrected chi connectivity index (χ4v) is 4.83. The molecule has 0 atom stereocenters. The Kier molecular flexibility index (Phi) is 6.05. The summed E-state index contributed by atoms with van der Waals surface area (Å²) in [5.74, 6) is -0.0185. The summed E-state index contributed by atoms with van der Waals surface area (Å²) < 4.78 is 27.0. The van der Waals surface area contributed by atoms with E-state index in [1.807, 2.05) is 39.0 Å². The Balaban J connectivity index is 1.57. The third kappa shape index (κ3) is 4.36. The van der Waals surface area contributed by atoms with Crippen LogP contribution in [0, 0.1) is 20.8 Å². The number of rotatable bonds is 5. The zero-order chi connectivity index (χ0) is 20.3. The summed E-state index contributed by atoms with van der Waals surface area (Å²) in [5.41, 5.74) is 4.20. The Bertz CT molecular complexity index is 927. The predicted octanol–water partition coefficient (Wildman–Crippen LogP) is 2.56. The normalized spacial score (nSPS) is 15.5. The minimum absolute atomic E-state index is 0.0185. The van der Waals surface area contributed by atoms with E-state index in [0.717, 1.165) is 22.4 Å². The molecule has 0 spiro atoms. The zero-order valence-corrected chi connectivity index (χ0v) is 17.4. The van der Waals surface area contributed by atoms with Crippen LogP contribution in [0.2, 0.25) is 0 Å². The van der Waals surface area contributed by atoms with Crippen LogP contribution < -0.4 is 5.32 Å². The molecule has 6 nitrogen and oxygen atoms in total. The molecule has 1 fully saturated rings. The van der Waals surface area contributed by atoms with Gasteiger partial charge in [-0.05, 0) is 44.0 Å². The first-order chi connectivity index (χ1) is 13.3. The highest BCUT2D eigenvalue weighted by Gasteiger charge is 2.29. The van der Waals surface area contributed by atoms with Crippen molar-refractivity contribution in [1.29, 1.82) is 0 Å². The number of aryl methyl sites for hydroxylation is 3. The number of carbonyl (C=O) groups is 1. The van der Waals surface area contributed by atoms with Crippen molar-refractivity contribution in [3.05, 3.63) is 59.2 Å². The van der Waals surface area contributed by atoms with Crippen molar-refractivity contribution in [3.8, 4) is 0 Å². The van der Waals surface area contributed by atoms with Crippen molar-refractivity contribution in [3.63, 3.8) is 0 Å². The van der Waals surface area contributed by atoms with Gasteiger partial charge in [0.2, 0.25) is 15.9 Å². The molecular weight excluding hydrogens is 374 g/mol. The van der Waals surface area contributed by atoms with Crippen LogP contribution in [0.3, 0.4) is 0 Å². The molecule has 1 N–H and O–H groups in total. The lowest BCUT2D eigenvalue weighted by molar-refractivity contribution is -0.130. The first-order valence-corrected chi connectivity index (χ1v) is 10.9. The van der Waals surface area contributed by atoms with Crippen LogP contribution in [0.15, 0.2) is 47.4 Å². The van der Waals surface area contributed by atoms with E-state index in [4.69, 9.17) is 0 Å². The second-order valence-electron chi connectivity index (χ2n) is 7.22. The topological polar surface area (TPSA) is 69.7 Å². The fourth-order valence-electron chi connectivity index (χ4n) is 3.41. The summed E-state index contributed by atoms with van der Waals surface area (Å²) in [6.07, 6.45) is 0. The van der Waals surface area contributed by atoms with Gasteiger partial charge in [0.1, 0.15) is 0 Å². The number of hydrogen-bond donors (Lipinski definition) is 1. The summed E-state index contributed by atoms with van der Waals surface area (Å²) in [6, 6.07) is 12.9. The van der Waals surface area contributed by atoms with Gasteiger partial charge in [-0.15, -0.1) is 0 Å². The fraction of sp³-hybridized carbons (Fsp3) is 0.381. The second kappa shape index (κ2) is 8.32. The zero-order valence-electron chi connectivity index (χ0n) is 16.6. The first kappa shape index (κ1) is 20.4. The molecule has 7 heteroatoms. The van der Waals surface area contributed by atoms with Crippen LogP contribution in [-0.2, 0) is 14.8 Å². The van der Waals surface area contributed by atoms with Crippen LogP contribution in [0.1, 0.15) is 16.7 Å². The van der Waals surface area contributed by atoms with Crippen LogP contribution in [0.4, 0.5) is 5.69 Å². The number of nitrogens with zero attached hydrogens (tertiary/aromatic N) is 2. The molecule has 150 valence electrons. The summed E-state index contributed by atoms with van der Waals surface area (Å²) in [6.45, 7) is 7.57. The Labute approximate surface area is 167 Å². The van der Waals surface area contributed by atoms with E-state index in [2.05, 4.69) is 5.32 Å². The third-order valence-electron chi connectivity index (χ3n) is 5.15. The van der Waals surface area contributed by atoms with Gasteiger partial charge in [-0.3, -0.25) is 4.79 Å². The molecule has 0 bridgehead atoms. The van der Waals surface area contributed by atoms with Gasteiger partial charge in [-0.2, -0.15) is 4.31 Å². The molecule has 1 saturated heterocycles. The molecular formula is C21H27N3O3S. The Morgan fingerprint density at radius 3 is 2.07 bits per heavy atom. The number of anilines is 1. The van der Waals surface area contributed by atoms with E-state index < -0.39 is 10.0 Å². The van der Waals surface area contributed by atoms with Crippen molar-refractivity contribution >= 4 is 21.6 Å². The Morgan fingerprint density at radius 2 is 1.50 bits per heavy atom. The molecule has 0 unspecified atom stereocenters. The van der Waals surface area contributed by atoms with Crippen molar-refractivity contribution in [2.75, 3.05) is 38.0 Å². The van der Waals surface area contributed by atoms with Gasteiger partial charge in [0.25, 0.3) is 0 Å². The van der Waals surface area contributed by atoms with E-state index in [-0.39, 0.29) is 12.5 Å².